The molecule has 10 heteroatoms. The van der Waals surface area contributed by atoms with Gasteiger partial charge >= 0.3 is 0 Å². The fourth-order valence-electron chi connectivity index (χ4n) is 2.52. The largest absolute Gasteiger partial charge is 0.492 e. The van der Waals surface area contributed by atoms with Crippen LogP contribution in [0.4, 0.5) is 0 Å². The predicted octanol–water partition coefficient (Wildman–Crippen LogP) is 5.08. The Bertz CT molecular complexity index is 1020. The molecule has 0 saturated carbocycles. The topological polar surface area (TPSA) is 88.7 Å². The molecule has 0 aliphatic rings. The minimum absolute atomic E-state index is 0.0490. The number of amides is 2. The van der Waals surface area contributed by atoms with Gasteiger partial charge in [0.2, 0.25) is 0 Å². The molecule has 0 aliphatic carbocycles. The number of hydrazine groups is 1. The van der Waals surface area contributed by atoms with Crippen LogP contribution in [0.15, 0.2) is 45.3 Å². The van der Waals surface area contributed by atoms with Gasteiger partial charge in [-0.2, -0.15) is 0 Å². The van der Waals surface area contributed by atoms with Crippen molar-refractivity contribution in [1.29, 1.82) is 0 Å². The van der Waals surface area contributed by atoms with E-state index in [1.807, 2.05) is 18.2 Å². The van der Waals surface area contributed by atoms with Crippen molar-refractivity contribution in [3.8, 4) is 11.5 Å². The van der Waals surface area contributed by atoms with Gasteiger partial charge in [-0.05, 0) is 91.8 Å². The fourth-order valence-corrected chi connectivity index (χ4v) is 3.67. The van der Waals surface area contributed by atoms with Crippen molar-refractivity contribution in [2.45, 2.75) is 33.6 Å². The highest BCUT2D eigenvalue weighted by Crippen LogP contribution is 2.29. The van der Waals surface area contributed by atoms with Crippen LogP contribution in [0.1, 0.15) is 49.5 Å². The first-order chi connectivity index (χ1) is 15.6. The van der Waals surface area contributed by atoms with Crippen molar-refractivity contribution in [2.24, 2.45) is 5.92 Å². The Morgan fingerprint density at radius 1 is 0.939 bits per heavy atom. The van der Waals surface area contributed by atoms with E-state index in [9.17, 15) is 9.59 Å². The monoisotopic (exact) mass is 599 g/mol. The number of hydrogen-bond donors (Lipinski definition) is 3. The zero-order chi connectivity index (χ0) is 24.5. The maximum Gasteiger partial charge on any atom is 0.276 e. The van der Waals surface area contributed by atoms with Crippen molar-refractivity contribution in [1.82, 2.24) is 16.2 Å². The summed E-state index contributed by atoms with van der Waals surface area (Å²) in [5.74, 6) is 1.09. The summed E-state index contributed by atoms with van der Waals surface area (Å²) in [6.07, 6.45) is 0. The molecule has 0 spiro atoms. The molecule has 0 fully saturated rings. The second-order valence-electron chi connectivity index (χ2n) is 7.94. The molecule has 2 rings (SSSR count). The van der Waals surface area contributed by atoms with Crippen LogP contribution in [-0.2, 0) is 4.79 Å². The van der Waals surface area contributed by atoms with Crippen LogP contribution in [0.2, 0.25) is 0 Å². The van der Waals surface area contributed by atoms with Gasteiger partial charge in [0, 0.05) is 5.56 Å². The lowest BCUT2D eigenvalue weighted by atomic mass is 10.0. The quantitative estimate of drug-likeness (QED) is 0.289. The lowest BCUT2D eigenvalue weighted by Crippen LogP contribution is -2.49. The van der Waals surface area contributed by atoms with Gasteiger partial charge in [-0.3, -0.25) is 25.8 Å². The summed E-state index contributed by atoms with van der Waals surface area (Å²) in [6, 6.07) is 10.7. The van der Waals surface area contributed by atoms with E-state index in [0.717, 1.165) is 10.0 Å². The summed E-state index contributed by atoms with van der Waals surface area (Å²) in [4.78, 5) is 24.5. The maximum absolute atomic E-state index is 12.4. The Labute approximate surface area is 216 Å². The molecule has 0 unspecified atom stereocenters. The first kappa shape index (κ1) is 27.1. The van der Waals surface area contributed by atoms with Crippen LogP contribution >= 0.6 is 44.1 Å². The molecule has 0 saturated heterocycles. The van der Waals surface area contributed by atoms with Gasteiger partial charge in [-0.25, -0.2) is 0 Å². The van der Waals surface area contributed by atoms with Gasteiger partial charge in [-0.1, -0.05) is 33.8 Å². The first-order valence-electron chi connectivity index (χ1n) is 10.3. The van der Waals surface area contributed by atoms with Crippen LogP contribution in [0.25, 0.3) is 0 Å². The molecule has 2 aromatic rings. The predicted molar refractivity (Wildman–Crippen MR) is 140 cm³/mol. The lowest BCUT2D eigenvalue weighted by molar-refractivity contribution is -0.123. The molecule has 0 aliphatic heterocycles. The minimum Gasteiger partial charge on any atom is -0.492 e. The van der Waals surface area contributed by atoms with Crippen molar-refractivity contribution in [3.63, 3.8) is 0 Å². The summed E-state index contributed by atoms with van der Waals surface area (Å²) < 4.78 is 12.6. The number of halogens is 2. The van der Waals surface area contributed by atoms with E-state index in [4.69, 9.17) is 21.7 Å². The summed E-state index contributed by atoms with van der Waals surface area (Å²) in [6.45, 7) is 8.64. The number of benzene rings is 2. The number of ether oxygens (including phenoxy) is 2. The van der Waals surface area contributed by atoms with E-state index in [0.29, 0.717) is 40.0 Å². The first-order valence-corrected chi connectivity index (χ1v) is 12.3. The van der Waals surface area contributed by atoms with E-state index in [-0.39, 0.29) is 11.7 Å². The molecule has 7 nitrogen and oxygen atoms in total. The second-order valence-corrected chi connectivity index (χ2v) is 10.1. The van der Waals surface area contributed by atoms with Gasteiger partial charge in [-0.15, -0.1) is 0 Å². The summed E-state index contributed by atoms with van der Waals surface area (Å²) >= 11 is 11.9. The third-order valence-corrected chi connectivity index (χ3v) is 5.73. The van der Waals surface area contributed by atoms with Crippen molar-refractivity contribution in [2.75, 3.05) is 13.2 Å². The van der Waals surface area contributed by atoms with Gasteiger partial charge in [0.25, 0.3) is 11.8 Å². The molecule has 3 N–H and O–H groups in total. The molecule has 2 amide bonds. The zero-order valence-corrected chi connectivity index (χ0v) is 22.8. The molecule has 178 valence electrons. The van der Waals surface area contributed by atoms with Crippen LogP contribution in [0, 0.1) is 5.92 Å². The molecule has 0 heterocycles. The van der Waals surface area contributed by atoms with Gasteiger partial charge in [0.15, 0.2) is 11.7 Å². The van der Waals surface area contributed by atoms with Crippen LogP contribution < -0.4 is 25.6 Å². The Morgan fingerprint density at radius 3 is 2.18 bits per heavy atom. The summed E-state index contributed by atoms with van der Waals surface area (Å²) in [7, 11) is 0. The summed E-state index contributed by atoms with van der Waals surface area (Å²) in [5.41, 5.74) is 6.42. The number of hydrogen-bond acceptors (Lipinski definition) is 5. The van der Waals surface area contributed by atoms with Crippen molar-refractivity contribution >= 4 is 61.0 Å². The number of carbonyl (C=O) groups excluding carboxylic acids is 2. The Morgan fingerprint density at radius 2 is 1.58 bits per heavy atom. The van der Waals surface area contributed by atoms with Gasteiger partial charge in [0.05, 0.1) is 15.6 Å². The highest BCUT2D eigenvalue weighted by molar-refractivity contribution is 9.10. The van der Waals surface area contributed by atoms with E-state index in [1.165, 1.54) is 0 Å². The standard InChI is InChI=1S/C23H27Br2N3O4S/c1-13(2)11-31-19-8-6-16(10-18(19)25)22(30)26-23(33)28-27-21(29)12-32-20-7-5-15(14(3)4)9-17(20)24/h5-10,13-14H,11-12H2,1-4H3,(H,27,29)(H2,26,28,30,33). The minimum atomic E-state index is -0.458. The number of nitrogens with one attached hydrogen (secondary N) is 3. The maximum atomic E-state index is 12.4. The number of carbonyl (C=O) groups is 2. The third kappa shape index (κ3) is 8.94. The van der Waals surface area contributed by atoms with Crippen LogP contribution in [-0.4, -0.2) is 30.1 Å². The van der Waals surface area contributed by atoms with Crippen molar-refractivity contribution in [3.05, 3.63) is 56.5 Å². The van der Waals surface area contributed by atoms with Crippen LogP contribution in [0.3, 0.4) is 0 Å². The Hall–Kier alpha value is -2.17. The van der Waals surface area contributed by atoms with Crippen LogP contribution in [0.5, 0.6) is 11.5 Å². The zero-order valence-electron chi connectivity index (χ0n) is 18.8. The van der Waals surface area contributed by atoms with Gasteiger partial charge in [0.1, 0.15) is 11.5 Å². The molecule has 0 radical (unpaired) electrons. The molecular weight excluding hydrogens is 574 g/mol. The Kier molecular flexibility index (Phi) is 10.6. The number of thiocarbonyl (C=S) groups is 1. The molecule has 0 bridgehead atoms. The number of rotatable bonds is 8. The van der Waals surface area contributed by atoms with Crippen molar-refractivity contribution < 1.29 is 19.1 Å². The second kappa shape index (κ2) is 12.9. The summed E-state index contributed by atoms with van der Waals surface area (Å²) in [5, 5.41) is 2.46. The highest BCUT2D eigenvalue weighted by Gasteiger charge is 2.13. The highest BCUT2D eigenvalue weighted by atomic mass is 79.9. The molecule has 2 aromatic carbocycles. The molecular formula is C23H27Br2N3O4S. The lowest BCUT2D eigenvalue weighted by Gasteiger charge is -2.14. The van der Waals surface area contributed by atoms with Gasteiger partial charge < -0.3 is 9.47 Å². The van der Waals surface area contributed by atoms with E-state index >= 15 is 0 Å². The SMILES string of the molecule is CC(C)COc1ccc(C(=O)NC(=S)NNC(=O)COc2ccc(C(C)C)cc2Br)cc1Br. The Balaban J connectivity index is 1.79. The fraction of sp³-hybridized carbons (Fsp3) is 0.348. The van der Waals surface area contributed by atoms with E-state index in [1.54, 1.807) is 18.2 Å². The van der Waals surface area contributed by atoms with E-state index in [2.05, 4.69) is 75.7 Å². The van der Waals surface area contributed by atoms with E-state index < -0.39 is 11.8 Å². The normalized spacial score (nSPS) is 10.7. The molecule has 0 aromatic heterocycles. The average Bonchev–Trinajstić information content (AvgIpc) is 2.75. The smallest absolute Gasteiger partial charge is 0.276 e. The third-order valence-electron chi connectivity index (χ3n) is 4.29. The molecule has 33 heavy (non-hydrogen) atoms. The molecule has 0 atom stereocenters. The average molecular weight is 601 g/mol.